The minimum Gasteiger partial charge on any atom is -0.466 e. The van der Waals surface area contributed by atoms with E-state index in [1.165, 1.54) is 16.9 Å². The molecule has 0 spiro atoms. The SMILES string of the molecule is CCOC(=O)Cc1csc(NN=Cc2ccc(Cn3ccnc3)cc2)n1. The first kappa shape index (κ1) is 17.8. The summed E-state index contributed by atoms with van der Waals surface area (Å²) in [5.41, 5.74) is 5.73. The maximum Gasteiger partial charge on any atom is 0.311 e. The molecule has 8 heteroatoms. The van der Waals surface area contributed by atoms with Gasteiger partial charge in [-0.15, -0.1) is 11.3 Å². The van der Waals surface area contributed by atoms with Gasteiger partial charge in [0.05, 0.1) is 31.3 Å². The zero-order valence-corrected chi connectivity index (χ0v) is 15.1. The van der Waals surface area contributed by atoms with Crippen molar-refractivity contribution in [2.75, 3.05) is 12.0 Å². The highest BCUT2D eigenvalue weighted by molar-refractivity contribution is 7.13. The molecule has 0 saturated carbocycles. The average molecular weight is 369 g/mol. The van der Waals surface area contributed by atoms with Crippen molar-refractivity contribution in [3.63, 3.8) is 0 Å². The molecule has 0 saturated heterocycles. The van der Waals surface area contributed by atoms with Crippen molar-refractivity contribution >= 4 is 28.7 Å². The topological polar surface area (TPSA) is 81.4 Å². The summed E-state index contributed by atoms with van der Waals surface area (Å²) < 4.78 is 6.92. The fourth-order valence-corrected chi connectivity index (χ4v) is 2.92. The number of imidazole rings is 1. The molecular formula is C18H19N5O2S. The van der Waals surface area contributed by atoms with Crippen LogP contribution in [0.2, 0.25) is 0 Å². The van der Waals surface area contributed by atoms with Crippen LogP contribution in [0.1, 0.15) is 23.7 Å². The summed E-state index contributed by atoms with van der Waals surface area (Å²) in [5, 5.41) is 6.64. The lowest BCUT2D eigenvalue weighted by molar-refractivity contribution is -0.142. The van der Waals surface area contributed by atoms with Crippen LogP contribution in [0.3, 0.4) is 0 Å². The molecule has 0 amide bonds. The van der Waals surface area contributed by atoms with Crippen LogP contribution >= 0.6 is 11.3 Å². The first-order valence-corrected chi connectivity index (χ1v) is 9.04. The van der Waals surface area contributed by atoms with E-state index >= 15 is 0 Å². The van der Waals surface area contributed by atoms with Crippen molar-refractivity contribution < 1.29 is 9.53 Å². The quantitative estimate of drug-likeness (QED) is 0.375. The Labute approximate surface area is 155 Å². The molecule has 3 rings (SSSR count). The van der Waals surface area contributed by atoms with Crippen molar-refractivity contribution in [1.82, 2.24) is 14.5 Å². The van der Waals surface area contributed by atoms with Gasteiger partial charge in [0.15, 0.2) is 0 Å². The van der Waals surface area contributed by atoms with Gasteiger partial charge in [0, 0.05) is 24.3 Å². The monoisotopic (exact) mass is 369 g/mol. The molecular weight excluding hydrogens is 350 g/mol. The predicted molar refractivity (Wildman–Crippen MR) is 101 cm³/mol. The van der Waals surface area contributed by atoms with Crippen LogP contribution in [0, 0.1) is 0 Å². The Morgan fingerprint density at radius 1 is 1.38 bits per heavy atom. The van der Waals surface area contributed by atoms with E-state index in [-0.39, 0.29) is 12.4 Å². The minimum absolute atomic E-state index is 0.175. The largest absolute Gasteiger partial charge is 0.466 e. The molecule has 134 valence electrons. The number of hydrazone groups is 1. The number of anilines is 1. The molecule has 0 fully saturated rings. The number of esters is 1. The second-order valence-electron chi connectivity index (χ2n) is 5.47. The van der Waals surface area contributed by atoms with Gasteiger partial charge in [0.2, 0.25) is 5.13 Å². The summed E-state index contributed by atoms with van der Waals surface area (Å²) in [6.45, 7) is 2.95. The van der Waals surface area contributed by atoms with E-state index in [1.54, 1.807) is 25.7 Å². The average Bonchev–Trinajstić information content (AvgIpc) is 3.29. The molecule has 1 N–H and O–H groups in total. The number of benzene rings is 1. The maximum absolute atomic E-state index is 11.4. The van der Waals surface area contributed by atoms with E-state index in [2.05, 4.69) is 32.6 Å². The Bertz CT molecular complexity index is 856. The van der Waals surface area contributed by atoms with Gasteiger partial charge in [0.25, 0.3) is 0 Å². The molecule has 26 heavy (non-hydrogen) atoms. The Kier molecular flexibility index (Phi) is 6.10. The number of hydrogen-bond donors (Lipinski definition) is 1. The number of ether oxygens (including phenoxy) is 1. The molecule has 0 aliphatic rings. The lowest BCUT2D eigenvalue weighted by Gasteiger charge is -2.02. The van der Waals surface area contributed by atoms with Gasteiger partial charge in [-0.3, -0.25) is 10.2 Å². The summed E-state index contributed by atoms with van der Waals surface area (Å²) in [6.07, 6.45) is 7.40. The van der Waals surface area contributed by atoms with Gasteiger partial charge < -0.3 is 9.30 Å². The number of carbonyl (C=O) groups excluding carboxylic acids is 1. The number of hydrogen-bond acceptors (Lipinski definition) is 7. The molecule has 3 aromatic rings. The van der Waals surface area contributed by atoms with Crippen LogP contribution in [0.5, 0.6) is 0 Å². The number of nitrogens with one attached hydrogen (secondary N) is 1. The van der Waals surface area contributed by atoms with Crippen LogP contribution in [0.15, 0.2) is 53.5 Å². The molecule has 7 nitrogen and oxygen atoms in total. The Hall–Kier alpha value is -3.00. The first-order valence-electron chi connectivity index (χ1n) is 8.16. The van der Waals surface area contributed by atoms with Crippen LogP contribution in [-0.2, 0) is 22.5 Å². The normalized spacial score (nSPS) is 11.0. The molecule has 1 aromatic carbocycles. The van der Waals surface area contributed by atoms with E-state index in [4.69, 9.17) is 4.74 Å². The van der Waals surface area contributed by atoms with Crippen molar-refractivity contribution in [2.45, 2.75) is 19.9 Å². The Morgan fingerprint density at radius 2 is 2.23 bits per heavy atom. The van der Waals surface area contributed by atoms with E-state index < -0.39 is 0 Å². The third-order valence-electron chi connectivity index (χ3n) is 3.46. The van der Waals surface area contributed by atoms with Gasteiger partial charge in [-0.25, -0.2) is 9.97 Å². The fourth-order valence-electron chi connectivity index (χ4n) is 2.26. The molecule has 0 atom stereocenters. The zero-order chi connectivity index (χ0) is 18.2. The fraction of sp³-hybridized carbons (Fsp3) is 0.222. The summed E-state index contributed by atoms with van der Waals surface area (Å²) in [7, 11) is 0. The van der Waals surface area contributed by atoms with Crippen LogP contribution in [-0.4, -0.2) is 33.3 Å². The van der Waals surface area contributed by atoms with Gasteiger partial charge in [-0.1, -0.05) is 24.3 Å². The zero-order valence-electron chi connectivity index (χ0n) is 14.3. The van der Waals surface area contributed by atoms with Crippen molar-refractivity contribution in [3.8, 4) is 0 Å². The highest BCUT2D eigenvalue weighted by Crippen LogP contribution is 2.16. The van der Waals surface area contributed by atoms with Gasteiger partial charge in [-0.2, -0.15) is 5.10 Å². The molecule has 2 aromatic heterocycles. The number of rotatable bonds is 8. The Morgan fingerprint density at radius 3 is 2.96 bits per heavy atom. The number of thiazole rings is 1. The second kappa shape index (κ2) is 8.91. The second-order valence-corrected chi connectivity index (χ2v) is 6.33. The van der Waals surface area contributed by atoms with Crippen LogP contribution in [0.25, 0.3) is 0 Å². The molecule has 2 heterocycles. The van der Waals surface area contributed by atoms with Gasteiger partial charge >= 0.3 is 5.97 Å². The van der Waals surface area contributed by atoms with Crippen LogP contribution in [0.4, 0.5) is 5.13 Å². The summed E-state index contributed by atoms with van der Waals surface area (Å²) in [4.78, 5) is 19.8. The smallest absolute Gasteiger partial charge is 0.311 e. The summed E-state index contributed by atoms with van der Waals surface area (Å²) in [5.74, 6) is -0.274. The third-order valence-corrected chi connectivity index (χ3v) is 4.26. The number of nitrogens with zero attached hydrogens (tertiary/aromatic N) is 4. The highest BCUT2D eigenvalue weighted by Gasteiger charge is 2.07. The highest BCUT2D eigenvalue weighted by atomic mass is 32.1. The Balaban J connectivity index is 1.50. The maximum atomic E-state index is 11.4. The molecule has 0 radical (unpaired) electrons. The number of carbonyl (C=O) groups is 1. The van der Waals surface area contributed by atoms with E-state index in [0.29, 0.717) is 17.4 Å². The van der Waals surface area contributed by atoms with Crippen molar-refractivity contribution in [1.29, 1.82) is 0 Å². The first-order chi connectivity index (χ1) is 12.7. The standard InChI is InChI=1S/C18H19N5O2S/c1-2-25-17(24)9-16-12-26-18(21-16)22-20-10-14-3-5-15(6-4-14)11-23-8-7-19-13-23/h3-8,10,12-13H,2,9,11H2,1H3,(H,21,22). The van der Waals surface area contributed by atoms with E-state index in [1.807, 2.05) is 28.3 Å². The molecule has 0 aliphatic carbocycles. The van der Waals surface area contributed by atoms with Crippen molar-refractivity contribution in [2.24, 2.45) is 5.10 Å². The van der Waals surface area contributed by atoms with E-state index in [0.717, 1.165) is 12.1 Å². The summed E-state index contributed by atoms with van der Waals surface area (Å²) in [6, 6.07) is 8.13. The molecule has 0 bridgehead atoms. The minimum atomic E-state index is -0.274. The number of aromatic nitrogens is 3. The van der Waals surface area contributed by atoms with Crippen LogP contribution < -0.4 is 5.43 Å². The molecule has 0 aliphatic heterocycles. The predicted octanol–water partition coefficient (Wildman–Crippen LogP) is 2.94. The van der Waals surface area contributed by atoms with Gasteiger partial charge in [0.1, 0.15) is 0 Å². The van der Waals surface area contributed by atoms with E-state index in [9.17, 15) is 4.79 Å². The van der Waals surface area contributed by atoms with Crippen molar-refractivity contribution in [3.05, 3.63) is 65.2 Å². The lowest BCUT2D eigenvalue weighted by Crippen LogP contribution is -2.07. The molecule has 0 unspecified atom stereocenters. The third kappa shape index (κ3) is 5.25. The lowest BCUT2D eigenvalue weighted by atomic mass is 10.1. The van der Waals surface area contributed by atoms with Gasteiger partial charge in [-0.05, 0) is 18.1 Å². The summed E-state index contributed by atoms with van der Waals surface area (Å²) >= 11 is 1.40.